The molecule has 0 aliphatic rings. The number of hydrogen-bond acceptors (Lipinski definition) is 5. The van der Waals surface area contributed by atoms with Crippen LogP contribution in [0.2, 0.25) is 0 Å². The molecule has 0 aliphatic heterocycles. The second kappa shape index (κ2) is 5.74. The maximum absolute atomic E-state index is 11.5. The zero-order valence-electron chi connectivity index (χ0n) is 9.29. The molecule has 1 aromatic rings. The number of methoxy groups -OCH3 is 1. The molecule has 1 heterocycles. The summed E-state index contributed by atoms with van der Waals surface area (Å²) in [5.41, 5.74) is 0.356. The van der Waals surface area contributed by atoms with E-state index in [0.717, 1.165) is 6.20 Å². The lowest BCUT2D eigenvalue weighted by molar-refractivity contribution is 0.0696. The Hall–Kier alpha value is -1.47. The predicted molar refractivity (Wildman–Crippen MR) is 60.6 cm³/mol. The molecule has 7 heteroatoms. The van der Waals surface area contributed by atoms with Crippen molar-refractivity contribution < 1.29 is 23.1 Å². The maximum atomic E-state index is 11.5. The summed E-state index contributed by atoms with van der Waals surface area (Å²) in [4.78, 5) is 14.4. The van der Waals surface area contributed by atoms with Gasteiger partial charge < -0.3 is 9.84 Å². The summed E-state index contributed by atoms with van der Waals surface area (Å²) >= 11 is 0. The second-order valence-corrected chi connectivity index (χ2v) is 5.61. The number of aromatic carboxylic acids is 1. The van der Waals surface area contributed by atoms with Gasteiger partial charge >= 0.3 is 5.97 Å². The molecule has 0 unspecified atom stereocenters. The van der Waals surface area contributed by atoms with E-state index < -0.39 is 15.8 Å². The molecule has 0 fully saturated rings. The highest BCUT2D eigenvalue weighted by Crippen LogP contribution is 2.05. The summed E-state index contributed by atoms with van der Waals surface area (Å²) in [6.07, 6.45) is 1.14. The molecule has 1 N–H and O–H groups in total. The van der Waals surface area contributed by atoms with Crippen LogP contribution in [0.3, 0.4) is 0 Å². The molecule has 0 spiro atoms. The Kier molecular flexibility index (Phi) is 4.59. The number of carboxylic acids is 1. The SMILES string of the molecule is COCCS(=O)(=O)Cc1ccc(C(=O)O)cn1. The smallest absolute Gasteiger partial charge is 0.337 e. The first-order chi connectivity index (χ1) is 7.94. The van der Waals surface area contributed by atoms with E-state index in [1.165, 1.54) is 19.2 Å². The van der Waals surface area contributed by atoms with Crippen LogP contribution in [0.4, 0.5) is 0 Å². The first kappa shape index (κ1) is 13.6. The van der Waals surface area contributed by atoms with Gasteiger partial charge in [0, 0.05) is 13.3 Å². The Morgan fingerprint density at radius 2 is 2.18 bits per heavy atom. The van der Waals surface area contributed by atoms with Crippen molar-refractivity contribution in [1.29, 1.82) is 0 Å². The minimum Gasteiger partial charge on any atom is -0.478 e. The number of hydrogen-bond donors (Lipinski definition) is 1. The Morgan fingerprint density at radius 3 is 2.65 bits per heavy atom. The van der Waals surface area contributed by atoms with E-state index >= 15 is 0 Å². The van der Waals surface area contributed by atoms with Gasteiger partial charge in [-0.3, -0.25) is 4.98 Å². The topological polar surface area (TPSA) is 93.6 Å². The van der Waals surface area contributed by atoms with Crippen molar-refractivity contribution >= 4 is 15.8 Å². The number of rotatable bonds is 6. The fraction of sp³-hybridized carbons (Fsp3) is 0.400. The molecule has 0 amide bonds. The van der Waals surface area contributed by atoms with Gasteiger partial charge in [0.05, 0.1) is 29.4 Å². The minimum atomic E-state index is -3.26. The van der Waals surface area contributed by atoms with Crippen LogP contribution in [0.5, 0.6) is 0 Å². The zero-order chi connectivity index (χ0) is 12.9. The van der Waals surface area contributed by atoms with Gasteiger partial charge in [0.2, 0.25) is 0 Å². The van der Waals surface area contributed by atoms with Crippen molar-refractivity contribution in [2.24, 2.45) is 0 Å². The van der Waals surface area contributed by atoms with E-state index in [2.05, 4.69) is 9.72 Å². The molecule has 0 aliphatic carbocycles. The number of carbonyl (C=O) groups is 1. The van der Waals surface area contributed by atoms with E-state index in [4.69, 9.17) is 5.11 Å². The van der Waals surface area contributed by atoms with Crippen LogP contribution in [0, 0.1) is 0 Å². The molecule has 17 heavy (non-hydrogen) atoms. The summed E-state index contributed by atoms with van der Waals surface area (Å²) in [6, 6.07) is 2.73. The number of ether oxygens (including phenoxy) is 1. The van der Waals surface area contributed by atoms with Crippen LogP contribution >= 0.6 is 0 Å². The standard InChI is InChI=1S/C10H13NO5S/c1-16-4-5-17(14,15)7-9-3-2-8(6-11-9)10(12)13/h2-3,6H,4-5,7H2,1H3,(H,12,13). The second-order valence-electron chi connectivity index (χ2n) is 3.43. The quantitative estimate of drug-likeness (QED) is 0.791. The Bertz CT molecular complexity index is 480. The Labute approximate surface area is 99.2 Å². The number of aromatic nitrogens is 1. The van der Waals surface area contributed by atoms with Crippen molar-refractivity contribution in [2.45, 2.75) is 5.75 Å². The van der Waals surface area contributed by atoms with Crippen LogP contribution in [-0.2, 0) is 20.3 Å². The highest BCUT2D eigenvalue weighted by Gasteiger charge is 2.13. The molecule has 94 valence electrons. The number of carboxylic acid groups (broad SMARTS) is 1. The van der Waals surface area contributed by atoms with Crippen molar-refractivity contribution in [3.8, 4) is 0 Å². The maximum Gasteiger partial charge on any atom is 0.337 e. The third-order valence-corrected chi connectivity index (χ3v) is 3.56. The summed E-state index contributed by atoms with van der Waals surface area (Å²) < 4.78 is 27.8. The fourth-order valence-electron chi connectivity index (χ4n) is 1.14. The summed E-state index contributed by atoms with van der Waals surface area (Å²) in [7, 11) is -1.84. The van der Waals surface area contributed by atoms with Crippen LogP contribution in [0.15, 0.2) is 18.3 Å². The van der Waals surface area contributed by atoms with E-state index in [1.54, 1.807) is 0 Å². The molecular formula is C10H13NO5S. The Morgan fingerprint density at radius 1 is 1.47 bits per heavy atom. The molecule has 0 radical (unpaired) electrons. The van der Waals surface area contributed by atoms with E-state index in [9.17, 15) is 13.2 Å². The van der Waals surface area contributed by atoms with Gasteiger partial charge in [-0.1, -0.05) is 0 Å². The third kappa shape index (κ3) is 4.49. The lowest BCUT2D eigenvalue weighted by atomic mass is 10.2. The van der Waals surface area contributed by atoms with Crippen LogP contribution in [0.1, 0.15) is 16.1 Å². The highest BCUT2D eigenvalue weighted by molar-refractivity contribution is 7.90. The lowest BCUT2D eigenvalue weighted by Gasteiger charge is -2.03. The first-order valence-corrected chi connectivity index (χ1v) is 6.64. The zero-order valence-corrected chi connectivity index (χ0v) is 10.1. The van der Waals surface area contributed by atoms with E-state index in [1.807, 2.05) is 0 Å². The van der Waals surface area contributed by atoms with Gasteiger partial charge in [0.15, 0.2) is 9.84 Å². The minimum absolute atomic E-state index is 0.0306. The third-order valence-electron chi connectivity index (χ3n) is 2.04. The van der Waals surface area contributed by atoms with Crippen molar-refractivity contribution in [3.05, 3.63) is 29.6 Å². The average molecular weight is 259 g/mol. The van der Waals surface area contributed by atoms with Gasteiger partial charge in [-0.25, -0.2) is 13.2 Å². The molecule has 0 atom stereocenters. The van der Waals surface area contributed by atoms with Gasteiger partial charge in [-0.15, -0.1) is 0 Å². The van der Waals surface area contributed by atoms with Crippen LogP contribution in [0.25, 0.3) is 0 Å². The molecule has 0 saturated carbocycles. The summed E-state index contributed by atoms with van der Waals surface area (Å²) in [5, 5.41) is 8.65. The molecule has 1 aromatic heterocycles. The van der Waals surface area contributed by atoms with Gasteiger partial charge in [-0.05, 0) is 12.1 Å². The highest BCUT2D eigenvalue weighted by atomic mass is 32.2. The molecular weight excluding hydrogens is 246 g/mol. The summed E-state index contributed by atoms with van der Waals surface area (Å²) in [6.45, 7) is 0.134. The van der Waals surface area contributed by atoms with Gasteiger partial charge in [-0.2, -0.15) is 0 Å². The van der Waals surface area contributed by atoms with E-state index in [0.29, 0.717) is 5.69 Å². The Balaban J connectivity index is 2.72. The van der Waals surface area contributed by atoms with Crippen molar-refractivity contribution in [3.63, 3.8) is 0 Å². The largest absolute Gasteiger partial charge is 0.478 e. The molecule has 0 saturated heterocycles. The number of sulfone groups is 1. The fourth-order valence-corrected chi connectivity index (χ4v) is 2.33. The summed E-state index contributed by atoms with van der Waals surface area (Å²) in [5.74, 6) is -1.38. The molecule has 0 bridgehead atoms. The number of nitrogens with zero attached hydrogens (tertiary/aromatic N) is 1. The van der Waals surface area contributed by atoms with Gasteiger partial charge in [0.25, 0.3) is 0 Å². The molecule has 0 aromatic carbocycles. The molecule has 6 nitrogen and oxygen atoms in total. The van der Waals surface area contributed by atoms with E-state index in [-0.39, 0.29) is 23.7 Å². The average Bonchev–Trinajstić information content (AvgIpc) is 2.26. The number of pyridine rings is 1. The first-order valence-electron chi connectivity index (χ1n) is 4.82. The lowest BCUT2D eigenvalue weighted by Crippen LogP contribution is -2.14. The van der Waals surface area contributed by atoms with Crippen molar-refractivity contribution in [2.75, 3.05) is 19.5 Å². The molecule has 1 rings (SSSR count). The van der Waals surface area contributed by atoms with Crippen molar-refractivity contribution in [1.82, 2.24) is 4.98 Å². The monoisotopic (exact) mass is 259 g/mol. The van der Waals surface area contributed by atoms with Crippen LogP contribution < -0.4 is 0 Å². The normalized spacial score (nSPS) is 11.4. The van der Waals surface area contributed by atoms with Crippen LogP contribution in [-0.4, -0.2) is 43.9 Å². The predicted octanol–water partition coefficient (Wildman–Crippen LogP) is 0.341. The van der Waals surface area contributed by atoms with Gasteiger partial charge in [0.1, 0.15) is 0 Å².